The van der Waals surface area contributed by atoms with Gasteiger partial charge < -0.3 is 9.40 Å². The molecular formula is C23H26N2O. The lowest BCUT2D eigenvalue weighted by Gasteiger charge is -2.13. The van der Waals surface area contributed by atoms with Gasteiger partial charge in [-0.15, -0.1) is 0 Å². The first-order chi connectivity index (χ1) is 12.1. The summed E-state index contributed by atoms with van der Waals surface area (Å²) in [7, 11) is 0. The van der Waals surface area contributed by atoms with E-state index in [1.54, 1.807) is 0 Å². The predicted octanol–water partition coefficient (Wildman–Crippen LogP) is 6.57. The van der Waals surface area contributed by atoms with Crippen molar-refractivity contribution in [1.29, 1.82) is 0 Å². The van der Waals surface area contributed by atoms with E-state index in [-0.39, 0.29) is 10.8 Å². The Bertz CT molecular complexity index is 1010. The Hall–Kier alpha value is -2.55. The van der Waals surface area contributed by atoms with Crippen LogP contribution in [-0.2, 0) is 10.8 Å². The van der Waals surface area contributed by atoms with Crippen molar-refractivity contribution in [1.82, 2.24) is 9.97 Å². The van der Waals surface area contributed by atoms with E-state index in [0.29, 0.717) is 0 Å². The minimum atomic E-state index is 0.0113. The van der Waals surface area contributed by atoms with Crippen LogP contribution in [0, 0.1) is 0 Å². The minimum Gasteiger partial charge on any atom is -0.461 e. The number of hydrogen-bond acceptors (Lipinski definition) is 2. The molecule has 4 rings (SSSR count). The van der Waals surface area contributed by atoms with Crippen LogP contribution >= 0.6 is 0 Å². The molecule has 4 aromatic rings. The average molecular weight is 346 g/mol. The quantitative estimate of drug-likeness (QED) is 0.423. The molecule has 0 spiro atoms. The van der Waals surface area contributed by atoms with E-state index >= 15 is 0 Å². The smallest absolute Gasteiger partial charge is 0.134 e. The van der Waals surface area contributed by atoms with Crippen LogP contribution in [0.1, 0.15) is 53.1 Å². The zero-order valence-corrected chi connectivity index (χ0v) is 16.4. The van der Waals surface area contributed by atoms with Crippen LogP contribution in [0.5, 0.6) is 0 Å². The van der Waals surface area contributed by atoms with Crippen LogP contribution < -0.4 is 0 Å². The minimum absolute atomic E-state index is 0.0113. The van der Waals surface area contributed by atoms with Crippen LogP contribution in [0.25, 0.3) is 33.1 Å². The van der Waals surface area contributed by atoms with E-state index in [2.05, 4.69) is 89.0 Å². The van der Waals surface area contributed by atoms with Gasteiger partial charge in [-0.3, -0.25) is 0 Å². The topological polar surface area (TPSA) is 41.8 Å². The van der Waals surface area contributed by atoms with Crippen LogP contribution in [-0.4, -0.2) is 9.97 Å². The maximum atomic E-state index is 6.02. The number of aromatic amines is 1. The van der Waals surface area contributed by atoms with Gasteiger partial charge in [0.1, 0.15) is 17.2 Å². The van der Waals surface area contributed by atoms with Crippen molar-refractivity contribution in [2.45, 2.75) is 52.4 Å². The Balaban J connectivity index is 1.79. The second kappa shape index (κ2) is 5.47. The van der Waals surface area contributed by atoms with Crippen LogP contribution in [0.3, 0.4) is 0 Å². The molecule has 0 unspecified atom stereocenters. The molecule has 0 radical (unpaired) electrons. The predicted molar refractivity (Wildman–Crippen MR) is 109 cm³/mol. The Morgan fingerprint density at radius 3 is 2.19 bits per heavy atom. The first-order valence-corrected chi connectivity index (χ1v) is 9.16. The van der Waals surface area contributed by atoms with Crippen molar-refractivity contribution in [2.24, 2.45) is 0 Å². The highest BCUT2D eigenvalue weighted by molar-refractivity contribution is 5.87. The molecule has 0 atom stereocenters. The summed E-state index contributed by atoms with van der Waals surface area (Å²) in [5, 5.41) is 1.15. The number of nitrogens with one attached hydrogen (secondary N) is 1. The maximum absolute atomic E-state index is 6.02. The summed E-state index contributed by atoms with van der Waals surface area (Å²) in [6.07, 6.45) is 0. The summed E-state index contributed by atoms with van der Waals surface area (Å²) < 4.78 is 6.02. The van der Waals surface area contributed by atoms with Gasteiger partial charge in [0.25, 0.3) is 0 Å². The summed E-state index contributed by atoms with van der Waals surface area (Å²) in [6, 6.07) is 15.0. The number of fused-ring (bicyclic) bond motifs is 2. The molecule has 0 amide bonds. The van der Waals surface area contributed by atoms with Gasteiger partial charge in [0.15, 0.2) is 0 Å². The number of aromatic nitrogens is 2. The van der Waals surface area contributed by atoms with E-state index in [9.17, 15) is 0 Å². The molecule has 2 aromatic heterocycles. The highest BCUT2D eigenvalue weighted by atomic mass is 16.3. The number of imidazole rings is 1. The first kappa shape index (κ1) is 16.9. The van der Waals surface area contributed by atoms with Gasteiger partial charge in [0.2, 0.25) is 0 Å². The Kier molecular flexibility index (Phi) is 3.56. The van der Waals surface area contributed by atoms with Gasteiger partial charge in [0, 0.05) is 16.2 Å². The summed E-state index contributed by atoms with van der Waals surface area (Å²) in [5.74, 6) is 2.04. The molecule has 0 fully saturated rings. The van der Waals surface area contributed by atoms with Gasteiger partial charge in [-0.1, -0.05) is 53.7 Å². The third-order valence-corrected chi connectivity index (χ3v) is 4.78. The van der Waals surface area contributed by atoms with Crippen LogP contribution in [0.15, 0.2) is 46.9 Å². The van der Waals surface area contributed by atoms with E-state index in [1.807, 2.05) is 0 Å². The molecule has 0 aliphatic carbocycles. The SMILES string of the molecule is CC(C)(C)c1nc2ccc(-c3ccc4oc(C(C)(C)C)cc4c3)cc2[nH]1. The molecule has 0 aliphatic rings. The van der Waals surface area contributed by atoms with E-state index in [0.717, 1.165) is 33.6 Å². The summed E-state index contributed by atoms with van der Waals surface area (Å²) >= 11 is 0. The molecule has 0 bridgehead atoms. The number of benzene rings is 2. The van der Waals surface area contributed by atoms with Crippen molar-refractivity contribution in [3.05, 3.63) is 54.0 Å². The lowest BCUT2D eigenvalue weighted by Crippen LogP contribution is -2.12. The normalized spacial score (nSPS) is 13.0. The summed E-state index contributed by atoms with van der Waals surface area (Å²) in [4.78, 5) is 8.21. The standard InChI is InChI=1S/C23H26N2O/c1-22(2,3)20-13-16-11-14(8-10-19(16)26-20)15-7-9-17-18(12-15)25-21(24-17)23(4,5)6/h7-13H,1-6H3,(H,24,25). The van der Waals surface area contributed by atoms with Gasteiger partial charge in [-0.2, -0.15) is 0 Å². The van der Waals surface area contributed by atoms with Gasteiger partial charge in [0.05, 0.1) is 11.0 Å². The molecular weight excluding hydrogens is 320 g/mol. The summed E-state index contributed by atoms with van der Waals surface area (Å²) in [5.41, 5.74) is 5.43. The third-order valence-electron chi connectivity index (χ3n) is 4.78. The lowest BCUT2D eigenvalue weighted by molar-refractivity contribution is 0.430. The molecule has 26 heavy (non-hydrogen) atoms. The maximum Gasteiger partial charge on any atom is 0.134 e. The number of furan rings is 1. The lowest BCUT2D eigenvalue weighted by atomic mass is 9.93. The highest BCUT2D eigenvalue weighted by Crippen LogP contribution is 2.33. The number of rotatable bonds is 1. The number of H-pyrrole nitrogens is 1. The molecule has 0 saturated carbocycles. The molecule has 1 N–H and O–H groups in total. The summed E-state index contributed by atoms with van der Waals surface area (Å²) in [6.45, 7) is 13.0. The molecule has 134 valence electrons. The van der Waals surface area contributed by atoms with E-state index in [4.69, 9.17) is 9.40 Å². The zero-order valence-electron chi connectivity index (χ0n) is 16.4. The average Bonchev–Trinajstić information content (AvgIpc) is 3.16. The molecule has 0 saturated heterocycles. The van der Waals surface area contributed by atoms with Crippen molar-refractivity contribution < 1.29 is 4.42 Å². The van der Waals surface area contributed by atoms with Crippen molar-refractivity contribution in [3.63, 3.8) is 0 Å². The van der Waals surface area contributed by atoms with Crippen molar-refractivity contribution in [2.75, 3.05) is 0 Å². The third kappa shape index (κ3) is 2.92. The molecule has 2 heterocycles. The van der Waals surface area contributed by atoms with Crippen molar-refractivity contribution in [3.8, 4) is 11.1 Å². The van der Waals surface area contributed by atoms with Gasteiger partial charge in [-0.25, -0.2) is 4.98 Å². The molecule has 3 nitrogen and oxygen atoms in total. The number of nitrogens with zero attached hydrogens (tertiary/aromatic N) is 1. The first-order valence-electron chi connectivity index (χ1n) is 9.16. The second-order valence-corrected chi connectivity index (χ2v) is 9.18. The second-order valence-electron chi connectivity index (χ2n) is 9.18. The van der Waals surface area contributed by atoms with Gasteiger partial charge >= 0.3 is 0 Å². The molecule has 3 heteroatoms. The highest BCUT2D eigenvalue weighted by Gasteiger charge is 2.20. The van der Waals surface area contributed by atoms with E-state index in [1.165, 1.54) is 11.1 Å². The van der Waals surface area contributed by atoms with Crippen molar-refractivity contribution >= 4 is 22.0 Å². The molecule has 2 aromatic carbocycles. The van der Waals surface area contributed by atoms with E-state index < -0.39 is 0 Å². The monoisotopic (exact) mass is 346 g/mol. The van der Waals surface area contributed by atoms with Gasteiger partial charge in [-0.05, 0) is 41.5 Å². The van der Waals surface area contributed by atoms with Crippen LogP contribution in [0.2, 0.25) is 0 Å². The fraction of sp³-hybridized carbons (Fsp3) is 0.348. The fourth-order valence-electron chi connectivity index (χ4n) is 3.14. The number of hydrogen-bond donors (Lipinski definition) is 1. The largest absolute Gasteiger partial charge is 0.461 e. The Labute approximate surface area is 154 Å². The Morgan fingerprint density at radius 1 is 0.808 bits per heavy atom. The zero-order chi connectivity index (χ0) is 18.7. The van der Waals surface area contributed by atoms with Crippen LogP contribution in [0.4, 0.5) is 0 Å². The molecule has 0 aliphatic heterocycles. The fourth-order valence-corrected chi connectivity index (χ4v) is 3.14. The Morgan fingerprint density at radius 2 is 1.50 bits per heavy atom.